The van der Waals surface area contributed by atoms with E-state index in [1.807, 2.05) is 40.7 Å². The van der Waals surface area contributed by atoms with E-state index in [1.165, 1.54) is 7.11 Å². The number of carbonyl (C=O) groups is 1. The number of aryl methyl sites for hydroxylation is 1. The Labute approximate surface area is 158 Å². The van der Waals surface area contributed by atoms with Gasteiger partial charge in [-0.25, -0.2) is 8.42 Å². The first-order valence-corrected chi connectivity index (χ1v) is 10.7. The van der Waals surface area contributed by atoms with Crippen LogP contribution in [-0.4, -0.2) is 39.8 Å². The molecule has 0 bridgehead atoms. The van der Waals surface area contributed by atoms with Gasteiger partial charge in [-0.2, -0.15) is 0 Å². The van der Waals surface area contributed by atoms with Crippen molar-refractivity contribution in [3.8, 4) is 5.75 Å². The zero-order valence-corrected chi connectivity index (χ0v) is 17.8. The second kappa shape index (κ2) is 8.75. The van der Waals surface area contributed by atoms with Crippen LogP contribution in [0.4, 0.5) is 5.69 Å². The van der Waals surface area contributed by atoms with Crippen molar-refractivity contribution in [3.05, 3.63) is 23.8 Å². The van der Waals surface area contributed by atoms with Crippen LogP contribution in [0.5, 0.6) is 5.75 Å². The maximum absolute atomic E-state index is 12.9. The number of hydrogen-bond acceptors (Lipinski definition) is 4. The van der Waals surface area contributed by atoms with E-state index in [4.69, 9.17) is 4.74 Å². The number of carbonyl (C=O) groups excluding carboxylic acids is 1. The van der Waals surface area contributed by atoms with E-state index >= 15 is 0 Å². The smallest absolute Gasteiger partial charge is 0.243 e. The number of ether oxygens (including phenoxy) is 1. The topological polar surface area (TPSA) is 75.7 Å². The van der Waals surface area contributed by atoms with Gasteiger partial charge in [0.1, 0.15) is 11.8 Å². The van der Waals surface area contributed by atoms with Gasteiger partial charge in [0.05, 0.1) is 19.1 Å². The summed E-state index contributed by atoms with van der Waals surface area (Å²) in [6.45, 7) is 11.6. The lowest BCUT2D eigenvalue weighted by Crippen LogP contribution is -2.52. The third-order valence-corrected chi connectivity index (χ3v) is 5.63. The number of nitrogens with zero attached hydrogens (tertiary/aromatic N) is 1. The van der Waals surface area contributed by atoms with Crippen LogP contribution >= 0.6 is 0 Å². The first kappa shape index (κ1) is 22.3. The van der Waals surface area contributed by atoms with Crippen molar-refractivity contribution in [1.82, 2.24) is 5.32 Å². The van der Waals surface area contributed by atoms with E-state index in [0.717, 1.165) is 16.1 Å². The van der Waals surface area contributed by atoms with E-state index in [-0.39, 0.29) is 23.8 Å². The van der Waals surface area contributed by atoms with Crippen molar-refractivity contribution in [2.75, 3.05) is 17.7 Å². The predicted molar refractivity (Wildman–Crippen MR) is 106 cm³/mol. The standard InChI is InChI=1S/C19H32N2O4S/c1-12(2)18(13(3)4)20-19(22)15(6)21(26(8,23)24)16-11-14(5)9-10-17(16)25-7/h9-13,15,18H,1-8H3,(H,20,22). The molecule has 0 fully saturated rings. The lowest BCUT2D eigenvalue weighted by Gasteiger charge is -2.32. The summed E-state index contributed by atoms with van der Waals surface area (Å²) in [6.07, 6.45) is 1.10. The quantitative estimate of drug-likeness (QED) is 0.748. The fourth-order valence-electron chi connectivity index (χ4n) is 3.14. The Morgan fingerprint density at radius 3 is 2.08 bits per heavy atom. The molecule has 1 unspecified atom stereocenters. The first-order valence-electron chi connectivity index (χ1n) is 8.84. The molecule has 0 radical (unpaired) electrons. The molecule has 0 aliphatic rings. The van der Waals surface area contributed by atoms with E-state index < -0.39 is 16.1 Å². The molecule has 7 heteroatoms. The molecule has 1 N–H and O–H groups in total. The number of hydrogen-bond donors (Lipinski definition) is 1. The van der Waals surface area contributed by atoms with Crippen molar-refractivity contribution in [2.45, 2.75) is 53.6 Å². The summed E-state index contributed by atoms with van der Waals surface area (Å²) in [7, 11) is -2.22. The largest absolute Gasteiger partial charge is 0.495 e. The molecule has 148 valence electrons. The van der Waals surface area contributed by atoms with Gasteiger partial charge in [0.2, 0.25) is 15.9 Å². The Bertz CT molecular complexity index is 721. The van der Waals surface area contributed by atoms with Gasteiger partial charge in [0.25, 0.3) is 0 Å². The highest BCUT2D eigenvalue weighted by molar-refractivity contribution is 7.92. The molecular weight excluding hydrogens is 352 g/mol. The lowest BCUT2D eigenvalue weighted by atomic mass is 9.93. The van der Waals surface area contributed by atoms with Crippen LogP contribution in [0.15, 0.2) is 18.2 Å². The van der Waals surface area contributed by atoms with Crippen LogP contribution in [0, 0.1) is 18.8 Å². The number of sulfonamides is 1. The first-order chi connectivity index (χ1) is 11.9. The van der Waals surface area contributed by atoms with Gasteiger partial charge < -0.3 is 10.1 Å². The molecule has 0 aromatic heterocycles. The average Bonchev–Trinajstić information content (AvgIpc) is 2.50. The minimum absolute atomic E-state index is 0.0363. The molecule has 0 aliphatic heterocycles. The number of amides is 1. The lowest BCUT2D eigenvalue weighted by molar-refractivity contribution is -0.123. The Morgan fingerprint density at radius 1 is 1.12 bits per heavy atom. The van der Waals surface area contributed by atoms with Crippen LogP contribution in [0.1, 0.15) is 40.2 Å². The molecular formula is C19H32N2O4S. The van der Waals surface area contributed by atoms with Gasteiger partial charge in [0, 0.05) is 6.04 Å². The second-order valence-electron chi connectivity index (χ2n) is 7.43. The van der Waals surface area contributed by atoms with Crippen LogP contribution in [-0.2, 0) is 14.8 Å². The molecule has 26 heavy (non-hydrogen) atoms. The van der Waals surface area contributed by atoms with E-state index in [2.05, 4.69) is 5.32 Å². The van der Waals surface area contributed by atoms with Gasteiger partial charge in [-0.15, -0.1) is 0 Å². The molecule has 6 nitrogen and oxygen atoms in total. The van der Waals surface area contributed by atoms with Crippen molar-refractivity contribution in [1.29, 1.82) is 0 Å². The summed E-state index contributed by atoms with van der Waals surface area (Å²) < 4.78 is 31.5. The zero-order valence-electron chi connectivity index (χ0n) is 17.0. The number of methoxy groups -OCH3 is 1. The Kier molecular flexibility index (Phi) is 7.50. The molecule has 1 amide bonds. The van der Waals surface area contributed by atoms with E-state index in [9.17, 15) is 13.2 Å². The number of nitrogens with one attached hydrogen (secondary N) is 1. The Hall–Kier alpha value is -1.76. The summed E-state index contributed by atoms with van der Waals surface area (Å²) in [5.41, 5.74) is 1.24. The monoisotopic (exact) mass is 384 g/mol. The third-order valence-electron chi connectivity index (χ3n) is 4.41. The molecule has 1 atom stereocenters. The van der Waals surface area contributed by atoms with Gasteiger partial charge in [-0.1, -0.05) is 33.8 Å². The second-order valence-corrected chi connectivity index (χ2v) is 9.29. The fraction of sp³-hybridized carbons (Fsp3) is 0.632. The van der Waals surface area contributed by atoms with Gasteiger partial charge in [-0.3, -0.25) is 9.10 Å². The van der Waals surface area contributed by atoms with Crippen LogP contribution in [0.2, 0.25) is 0 Å². The van der Waals surface area contributed by atoms with E-state index in [1.54, 1.807) is 19.1 Å². The minimum atomic E-state index is -3.70. The summed E-state index contributed by atoms with van der Waals surface area (Å²) in [6, 6.07) is 4.32. The normalized spacial score (nSPS) is 13.2. The summed E-state index contributed by atoms with van der Waals surface area (Å²) in [5.74, 6) is 0.564. The third kappa shape index (κ3) is 5.37. The molecule has 0 saturated carbocycles. The molecule has 1 aromatic carbocycles. The molecule has 0 saturated heterocycles. The van der Waals surface area contributed by atoms with Crippen molar-refractivity contribution < 1.29 is 17.9 Å². The Balaban J connectivity index is 3.31. The molecule has 1 aromatic rings. The van der Waals surface area contributed by atoms with Crippen molar-refractivity contribution in [2.24, 2.45) is 11.8 Å². The fourth-order valence-corrected chi connectivity index (χ4v) is 4.31. The molecule has 1 rings (SSSR count). The van der Waals surface area contributed by atoms with Crippen LogP contribution < -0.4 is 14.4 Å². The predicted octanol–water partition coefficient (Wildman–Crippen LogP) is 2.95. The molecule has 0 heterocycles. The van der Waals surface area contributed by atoms with Gasteiger partial charge >= 0.3 is 0 Å². The maximum Gasteiger partial charge on any atom is 0.243 e. The maximum atomic E-state index is 12.9. The van der Waals surface area contributed by atoms with Crippen molar-refractivity contribution >= 4 is 21.6 Å². The highest BCUT2D eigenvalue weighted by Gasteiger charge is 2.33. The highest BCUT2D eigenvalue weighted by Crippen LogP contribution is 2.32. The van der Waals surface area contributed by atoms with Crippen LogP contribution in [0.3, 0.4) is 0 Å². The molecule has 0 aliphatic carbocycles. The summed E-state index contributed by atoms with van der Waals surface area (Å²) in [4.78, 5) is 12.9. The molecule has 0 spiro atoms. The minimum Gasteiger partial charge on any atom is -0.495 e. The SMILES string of the molecule is COc1ccc(C)cc1N(C(C)C(=O)NC(C(C)C)C(C)C)S(C)(=O)=O. The highest BCUT2D eigenvalue weighted by atomic mass is 32.2. The van der Waals surface area contributed by atoms with E-state index in [0.29, 0.717) is 11.4 Å². The zero-order chi connectivity index (χ0) is 20.2. The Morgan fingerprint density at radius 2 is 1.65 bits per heavy atom. The summed E-state index contributed by atoms with van der Waals surface area (Å²) in [5, 5.41) is 3.00. The average molecular weight is 385 g/mol. The van der Waals surface area contributed by atoms with Gasteiger partial charge in [0.15, 0.2) is 0 Å². The van der Waals surface area contributed by atoms with Gasteiger partial charge in [-0.05, 0) is 43.4 Å². The summed E-state index contributed by atoms with van der Waals surface area (Å²) >= 11 is 0. The number of anilines is 1. The number of benzene rings is 1. The number of rotatable bonds is 8. The van der Waals surface area contributed by atoms with Crippen LogP contribution in [0.25, 0.3) is 0 Å². The van der Waals surface area contributed by atoms with Crippen molar-refractivity contribution in [3.63, 3.8) is 0 Å².